The minimum atomic E-state index is -0.236. The Morgan fingerprint density at radius 3 is 2.64 bits per heavy atom. The van der Waals surface area contributed by atoms with Gasteiger partial charge in [-0.25, -0.2) is 0 Å². The summed E-state index contributed by atoms with van der Waals surface area (Å²) in [6.45, 7) is -0.0279. The molecule has 1 aromatic carbocycles. The number of nitrogens with two attached hydrogens (primary N) is 1. The second-order valence-corrected chi connectivity index (χ2v) is 2.70. The Balaban J connectivity index is 2.52. The maximum atomic E-state index is 10.7. The first-order chi connectivity index (χ1) is 6.72. The molecule has 0 fully saturated rings. The van der Waals surface area contributed by atoms with Crippen LogP contribution in [-0.4, -0.2) is 17.6 Å². The zero-order valence-electron chi connectivity index (χ0n) is 7.60. The lowest BCUT2D eigenvalue weighted by molar-refractivity contribution is -0.118. The van der Waals surface area contributed by atoms with E-state index in [0.717, 1.165) is 5.56 Å². The number of phenols is 1. The monoisotopic (exact) mass is 192 g/mol. The first kappa shape index (κ1) is 10.3. The van der Waals surface area contributed by atoms with Crippen molar-refractivity contribution in [2.75, 3.05) is 6.54 Å². The fourth-order valence-electron chi connectivity index (χ4n) is 0.875. The minimum Gasteiger partial charge on any atom is -0.508 e. The Labute approximate surface area is 82.0 Å². The molecule has 0 aromatic heterocycles. The van der Waals surface area contributed by atoms with Crippen LogP contribution in [-0.2, 0) is 4.79 Å². The molecule has 4 N–H and O–H groups in total. The smallest absolute Gasteiger partial charge is 0.237 e. The van der Waals surface area contributed by atoms with Crippen LogP contribution in [0.4, 0.5) is 0 Å². The molecule has 0 spiro atoms. The lowest BCUT2D eigenvalue weighted by atomic mass is 10.2. The molecule has 0 saturated carbocycles. The summed E-state index contributed by atoms with van der Waals surface area (Å²) in [5.41, 5.74) is 5.98. The summed E-state index contributed by atoms with van der Waals surface area (Å²) in [6.07, 6.45) is 3.23. The van der Waals surface area contributed by atoms with E-state index in [1.807, 2.05) is 0 Å². The van der Waals surface area contributed by atoms with E-state index in [0.29, 0.717) is 0 Å². The summed E-state index contributed by atoms with van der Waals surface area (Å²) in [6, 6.07) is 6.62. The van der Waals surface area contributed by atoms with Crippen molar-refractivity contribution in [2.45, 2.75) is 0 Å². The van der Waals surface area contributed by atoms with Crippen molar-refractivity contribution >= 4 is 12.0 Å². The fourth-order valence-corrected chi connectivity index (χ4v) is 0.875. The van der Waals surface area contributed by atoms with Crippen LogP contribution in [0, 0.1) is 0 Å². The van der Waals surface area contributed by atoms with Crippen LogP contribution in [0.5, 0.6) is 5.75 Å². The van der Waals surface area contributed by atoms with Gasteiger partial charge in [0.25, 0.3) is 0 Å². The van der Waals surface area contributed by atoms with E-state index < -0.39 is 0 Å². The summed E-state index contributed by atoms with van der Waals surface area (Å²) in [4.78, 5) is 10.7. The summed E-state index contributed by atoms with van der Waals surface area (Å²) >= 11 is 0. The number of amides is 1. The fraction of sp³-hybridized carbons (Fsp3) is 0.100. The molecular weight excluding hydrogens is 180 g/mol. The van der Waals surface area contributed by atoms with E-state index >= 15 is 0 Å². The third-order valence-electron chi connectivity index (χ3n) is 1.60. The van der Waals surface area contributed by atoms with Crippen LogP contribution in [0.2, 0.25) is 0 Å². The Kier molecular flexibility index (Phi) is 3.69. The molecule has 1 amide bonds. The highest BCUT2D eigenvalue weighted by Gasteiger charge is 1.91. The van der Waals surface area contributed by atoms with Gasteiger partial charge in [0.05, 0.1) is 6.54 Å². The van der Waals surface area contributed by atoms with Gasteiger partial charge in [0, 0.05) is 6.20 Å². The van der Waals surface area contributed by atoms with Crippen molar-refractivity contribution in [1.82, 2.24) is 5.32 Å². The van der Waals surface area contributed by atoms with Gasteiger partial charge in [0.2, 0.25) is 5.91 Å². The average Bonchev–Trinajstić information content (AvgIpc) is 2.21. The van der Waals surface area contributed by atoms with Gasteiger partial charge in [-0.2, -0.15) is 0 Å². The van der Waals surface area contributed by atoms with Crippen molar-refractivity contribution < 1.29 is 9.90 Å². The van der Waals surface area contributed by atoms with Gasteiger partial charge < -0.3 is 16.2 Å². The van der Waals surface area contributed by atoms with Crippen LogP contribution in [0.15, 0.2) is 30.5 Å². The minimum absolute atomic E-state index is 0.0279. The summed E-state index contributed by atoms with van der Waals surface area (Å²) in [5, 5.41) is 11.5. The molecule has 14 heavy (non-hydrogen) atoms. The molecule has 0 saturated heterocycles. The Morgan fingerprint density at radius 2 is 2.07 bits per heavy atom. The van der Waals surface area contributed by atoms with Gasteiger partial charge in [-0.1, -0.05) is 12.1 Å². The highest BCUT2D eigenvalue weighted by Crippen LogP contribution is 2.10. The average molecular weight is 192 g/mol. The standard InChI is InChI=1S/C10H12N2O2/c11-7-10(14)12-6-5-8-1-3-9(13)4-2-8/h1-6,13H,7,11H2,(H,12,14)/b6-5+. The predicted octanol–water partition coefficient (Wildman–Crippen LogP) is 0.438. The lowest BCUT2D eigenvalue weighted by Crippen LogP contribution is -2.25. The molecule has 0 unspecified atom stereocenters. The molecule has 0 heterocycles. The maximum absolute atomic E-state index is 10.7. The van der Waals surface area contributed by atoms with Crippen molar-refractivity contribution in [3.8, 4) is 5.75 Å². The van der Waals surface area contributed by atoms with Gasteiger partial charge in [-0.3, -0.25) is 4.79 Å². The third-order valence-corrected chi connectivity index (χ3v) is 1.60. The normalized spacial score (nSPS) is 10.4. The summed E-state index contributed by atoms with van der Waals surface area (Å²) < 4.78 is 0. The first-order valence-corrected chi connectivity index (χ1v) is 4.17. The number of hydrogen-bond donors (Lipinski definition) is 3. The van der Waals surface area contributed by atoms with Crippen LogP contribution in [0.25, 0.3) is 6.08 Å². The van der Waals surface area contributed by atoms with E-state index in [1.54, 1.807) is 30.3 Å². The molecule has 0 atom stereocenters. The first-order valence-electron chi connectivity index (χ1n) is 4.17. The molecule has 1 aromatic rings. The second kappa shape index (κ2) is 5.04. The van der Waals surface area contributed by atoms with E-state index in [-0.39, 0.29) is 18.2 Å². The van der Waals surface area contributed by atoms with Crippen LogP contribution < -0.4 is 11.1 Å². The SMILES string of the molecule is NCC(=O)N/C=C/c1ccc(O)cc1. The highest BCUT2D eigenvalue weighted by atomic mass is 16.3. The molecule has 4 heteroatoms. The molecule has 0 aliphatic heterocycles. The zero-order chi connectivity index (χ0) is 10.4. The molecule has 0 radical (unpaired) electrons. The van der Waals surface area contributed by atoms with E-state index in [9.17, 15) is 4.79 Å². The summed E-state index contributed by atoms with van der Waals surface area (Å²) in [5.74, 6) is -0.0202. The number of carbonyl (C=O) groups is 1. The number of hydrogen-bond acceptors (Lipinski definition) is 3. The molecule has 1 rings (SSSR count). The number of phenolic OH excluding ortho intramolecular Hbond substituents is 1. The van der Waals surface area contributed by atoms with E-state index in [2.05, 4.69) is 5.32 Å². The zero-order valence-corrected chi connectivity index (χ0v) is 7.60. The van der Waals surface area contributed by atoms with Gasteiger partial charge in [-0.15, -0.1) is 0 Å². The second-order valence-electron chi connectivity index (χ2n) is 2.70. The van der Waals surface area contributed by atoms with Crippen LogP contribution in [0.3, 0.4) is 0 Å². The van der Waals surface area contributed by atoms with Gasteiger partial charge >= 0.3 is 0 Å². The quantitative estimate of drug-likeness (QED) is 0.650. The van der Waals surface area contributed by atoms with E-state index in [4.69, 9.17) is 10.8 Å². The molecular formula is C10H12N2O2. The number of aromatic hydroxyl groups is 1. The summed E-state index contributed by atoms with van der Waals surface area (Å²) in [7, 11) is 0. The maximum Gasteiger partial charge on any atom is 0.237 e. The molecule has 0 bridgehead atoms. The van der Waals surface area contributed by atoms with E-state index in [1.165, 1.54) is 6.20 Å². The Hall–Kier alpha value is -1.81. The van der Waals surface area contributed by atoms with Crippen LogP contribution in [0.1, 0.15) is 5.56 Å². The van der Waals surface area contributed by atoms with Crippen molar-refractivity contribution in [3.05, 3.63) is 36.0 Å². The van der Waals surface area contributed by atoms with Crippen molar-refractivity contribution in [3.63, 3.8) is 0 Å². The number of rotatable bonds is 3. The van der Waals surface area contributed by atoms with Gasteiger partial charge in [-0.05, 0) is 23.8 Å². The molecule has 4 nitrogen and oxygen atoms in total. The number of benzene rings is 1. The molecule has 74 valence electrons. The van der Waals surface area contributed by atoms with Crippen molar-refractivity contribution in [2.24, 2.45) is 5.73 Å². The predicted molar refractivity (Wildman–Crippen MR) is 54.3 cm³/mol. The lowest BCUT2D eigenvalue weighted by Gasteiger charge is -1.96. The molecule has 0 aliphatic carbocycles. The van der Waals surface area contributed by atoms with Gasteiger partial charge in [0.15, 0.2) is 0 Å². The largest absolute Gasteiger partial charge is 0.508 e. The number of nitrogens with one attached hydrogen (secondary N) is 1. The van der Waals surface area contributed by atoms with Crippen molar-refractivity contribution in [1.29, 1.82) is 0 Å². The number of carbonyl (C=O) groups excluding carboxylic acids is 1. The topological polar surface area (TPSA) is 75.4 Å². The van der Waals surface area contributed by atoms with Crippen LogP contribution >= 0.6 is 0 Å². The Bertz CT molecular complexity index is 330. The molecule has 0 aliphatic rings. The highest BCUT2D eigenvalue weighted by molar-refractivity contribution is 5.79. The van der Waals surface area contributed by atoms with Gasteiger partial charge in [0.1, 0.15) is 5.75 Å². The third kappa shape index (κ3) is 3.28. The Morgan fingerprint density at radius 1 is 1.43 bits per heavy atom.